The molecule has 4 aromatic rings. The third-order valence-electron chi connectivity index (χ3n) is 5.67. The third kappa shape index (κ3) is 4.43. The van der Waals surface area contributed by atoms with E-state index in [0.717, 1.165) is 45.2 Å². The molecule has 1 atom stereocenters. The minimum Gasteiger partial charge on any atom is -0.497 e. The highest BCUT2D eigenvalue weighted by molar-refractivity contribution is 5.98. The number of benzene rings is 3. The van der Waals surface area contributed by atoms with E-state index < -0.39 is 0 Å². The molecular weight excluding hydrogens is 384 g/mol. The van der Waals surface area contributed by atoms with Gasteiger partial charge in [0.05, 0.1) is 13.0 Å². The van der Waals surface area contributed by atoms with Crippen molar-refractivity contribution in [1.29, 1.82) is 0 Å². The third-order valence-corrected chi connectivity index (χ3v) is 5.67. The molecule has 3 aromatic carbocycles. The van der Waals surface area contributed by atoms with Crippen LogP contribution in [-0.2, 0) is 11.3 Å². The number of carbonyl (C=O) groups is 1. The Morgan fingerprint density at radius 1 is 1.00 bits per heavy atom. The lowest BCUT2D eigenvalue weighted by Crippen LogP contribution is -2.28. The molecule has 0 saturated carbocycles. The van der Waals surface area contributed by atoms with Gasteiger partial charge in [-0.3, -0.25) is 9.78 Å². The highest BCUT2D eigenvalue weighted by Gasteiger charge is 2.18. The first-order valence-electron chi connectivity index (χ1n) is 10.5. The summed E-state index contributed by atoms with van der Waals surface area (Å²) in [5.41, 5.74) is 4.29. The van der Waals surface area contributed by atoms with Crippen LogP contribution in [0.2, 0.25) is 0 Å². The largest absolute Gasteiger partial charge is 0.497 e. The average Bonchev–Trinajstić information content (AvgIpc) is 2.83. The Kier molecular flexibility index (Phi) is 6.27. The molecule has 0 saturated heterocycles. The fourth-order valence-corrected chi connectivity index (χ4v) is 4.01. The molecule has 4 nitrogen and oxygen atoms in total. The number of pyridine rings is 1. The van der Waals surface area contributed by atoms with E-state index in [9.17, 15) is 4.79 Å². The van der Waals surface area contributed by atoms with Crippen LogP contribution in [0, 0.1) is 0 Å². The fourth-order valence-electron chi connectivity index (χ4n) is 4.01. The van der Waals surface area contributed by atoms with Crippen molar-refractivity contribution in [3.63, 3.8) is 0 Å². The molecule has 4 heteroatoms. The lowest BCUT2D eigenvalue weighted by Gasteiger charge is -2.17. The molecular formula is C27H26N2O2. The average molecular weight is 411 g/mol. The number of fused-ring (bicyclic) bond motifs is 1. The van der Waals surface area contributed by atoms with Gasteiger partial charge in [-0.1, -0.05) is 61.5 Å². The Balaban J connectivity index is 1.61. The summed E-state index contributed by atoms with van der Waals surface area (Å²) in [7, 11) is 1.67. The van der Waals surface area contributed by atoms with E-state index in [1.54, 1.807) is 13.3 Å². The second-order valence-corrected chi connectivity index (χ2v) is 7.51. The maximum Gasteiger partial charge on any atom is 0.227 e. The first kappa shape index (κ1) is 20.6. The van der Waals surface area contributed by atoms with Gasteiger partial charge in [0.15, 0.2) is 0 Å². The van der Waals surface area contributed by atoms with Gasteiger partial charge in [0.1, 0.15) is 5.75 Å². The summed E-state index contributed by atoms with van der Waals surface area (Å²) in [6.45, 7) is 2.50. The number of amides is 1. The Labute approximate surface area is 182 Å². The van der Waals surface area contributed by atoms with Gasteiger partial charge in [0.2, 0.25) is 5.91 Å². The van der Waals surface area contributed by atoms with Crippen LogP contribution in [0.25, 0.3) is 21.9 Å². The quantitative estimate of drug-likeness (QED) is 0.424. The molecule has 1 heterocycles. The number of carbonyl (C=O) groups excluding carboxylic acids is 1. The number of nitrogens with zero attached hydrogens (tertiary/aromatic N) is 1. The molecule has 0 aliphatic rings. The molecule has 1 N–H and O–H groups in total. The zero-order valence-corrected chi connectivity index (χ0v) is 17.8. The number of aromatic nitrogens is 1. The summed E-state index contributed by atoms with van der Waals surface area (Å²) in [5.74, 6) is 0.715. The van der Waals surface area contributed by atoms with Gasteiger partial charge in [-0.15, -0.1) is 0 Å². The second-order valence-electron chi connectivity index (χ2n) is 7.51. The summed E-state index contributed by atoms with van der Waals surface area (Å²) in [4.78, 5) is 17.2. The Morgan fingerprint density at radius 3 is 2.61 bits per heavy atom. The Hall–Kier alpha value is -3.66. The molecule has 0 unspecified atom stereocenters. The van der Waals surface area contributed by atoms with E-state index in [0.29, 0.717) is 6.54 Å². The molecule has 1 amide bonds. The summed E-state index contributed by atoms with van der Waals surface area (Å²) in [6.07, 6.45) is 4.43. The summed E-state index contributed by atoms with van der Waals surface area (Å²) < 4.78 is 5.39. The highest BCUT2D eigenvalue weighted by Crippen LogP contribution is 2.32. The van der Waals surface area contributed by atoms with Gasteiger partial charge in [-0.05, 0) is 52.3 Å². The van der Waals surface area contributed by atoms with Gasteiger partial charge in [0.25, 0.3) is 0 Å². The van der Waals surface area contributed by atoms with E-state index in [1.165, 1.54) is 0 Å². The number of rotatable bonds is 7. The summed E-state index contributed by atoms with van der Waals surface area (Å²) >= 11 is 0. The highest BCUT2D eigenvalue weighted by atomic mass is 16.5. The van der Waals surface area contributed by atoms with Crippen LogP contribution in [0.15, 0.2) is 85.2 Å². The van der Waals surface area contributed by atoms with Gasteiger partial charge in [0, 0.05) is 24.3 Å². The normalized spacial score (nSPS) is 11.8. The minimum atomic E-state index is -0.151. The molecule has 4 rings (SSSR count). The van der Waals surface area contributed by atoms with Crippen LogP contribution in [0.5, 0.6) is 5.75 Å². The van der Waals surface area contributed by atoms with Crippen molar-refractivity contribution in [2.45, 2.75) is 25.8 Å². The molecule has 0 fully saturated rings. The number of hydrogen-bond donors (Lipinski definition) is 1. The first-order valence-corrected chi connectivity index (χ1v) is 10.5. The number of ether oxygens (including phenoxy) is 1. The molecule has 31 heavy (non-hydrogen) atoms. The standard InChI is InChI=1S/C27H26N2O2/c1-3-23(19-8-5-4-6-9-19)27(30)29-17-21-12-13-24(25-14-15-28-18-26(21)25)20-10-7-11-22(16-20)31-2/h4-16,18,23H,3,17H2,1-2H3,(H,29,30)/t23-/m0/s1. The van der Waals surface area contributed by atoms with Gasteiger partial charge in [-0.2, -0.15) is 0 Å². The van der Waals surface area contributed by atoms with Crippen LogP contribution in [-0.4, -0.2) is 18.0 Å². The van der Waals surface area contributed by atoms with Crippen LogP contribution in [0.4, 0.5) is 0 Å². The predicted molar refractivity (Wildman–Crippen MR) is 125 cm³/mol. The van der Waals surface area contributed by atoms with E-state index in [1.807, 2.05) is 67.7 Å². The van der Waals surface area contributed by atoms with Crippen molar-refractivity contribution < 1.29 is 9.53 Å². The molecule has 0 bridgehead atoms. The lowest BCUT2D eigenvalue weighted by molar-refractivity contribution is -0.122. The summed E-state index contributed by atoms with van der Waals surface area (Å²) in [5, 5.41) is 5.27. The predicted octanol–water partition coefficient (Wildman–Crippen LogP) is 5.72. The van der Waals surface area contributed by atoms with E-state index in [4.69, 9.17) is 4.74 Å². The van der Waals surface area contributed by atoms with Crippen molar-refractivity contribution in [1.82, 2.24) is 10.3 Å². The van der Waals surface area contributed by atoms with Crippen LogP contribution < -0.4 is 10.1 Å². The summed E-state index contributed by atoms with van der Waals surface area (Å²) in [6, 6.07) is 24.2. The van der Waals surface area contributed by atoms with Crippen LogP contribution >= 0.6 is 0 Å². The van der Waals surface area contributed by atoms with Crippen molar-refractivity contribution in [3.05, 3.63) is 96.3 Å². The van der Waals surface area contributed by atoms with Crippen LogP contribution in [0.3, 0.4) is 0 Å². The number of hydrogen-bond acceptors (Lipinski definition) is 3. The fraction of sp³-hybridized carbons (Fsp3) is 0.185. The van der Waals surface area contributed by atoms with Gasteiger partial charge >= 0.3 is 0 Å². The van der Waals surface area contributed by atoms with Crippen LogP contribution in [0.1, 0.15) is 30.4 Å². The zero-order valence-electron chi connectivity index (χ0n) is 17.8. The molecule has 0 aliphatic carbocycles. The molecule has 1 aromatic heterocycles. The van der Waals surface area contributed by atoms with Crippen molar-refractivity contribution in [2.24, 2.45) is 0 Å². The monoisotopic (exact) mass is 410 g/mol. The van der Waals surface area contributed by atoms with Crippen molar-refractivity contribution in [3.8, 4) is 16.9 Å². The lowest BCUT2D eigenvalue weighted by atomic mass is 9.94. The van der Waals surface area contributed by atoms with E-state index in [-0.39, 0.29) is 11.8 Å². The van der Waals surface area contributed by atoms with E-state index >= 15 is 0 Å². The zero-order chi connectivity index (χ0) is 21.6. The minimum absolute atomic E-state index is 0.0441. The van der Waals surface area contributed by atoms with Crippen molar-refractivity contribution >= 4 is 16.7 Å². The second kappa shape index (κ2) is 9.43. The number of methoxy groups -OCH3 is 1. The number of nitrogens with one attached hydrogen (secondary N) is 1. The smallest absolute Gasteiger partial charge is 0.227 e. The Morgan fingerprint density at radius 2 is 1.84 bits per heavy atom. The first-order chi connectivity index (χ1) is 15.2. The maximum atomic E-state index is 12.9. The van der Waals surface area contributed by atoms with E-state index in [2.05, 4.69) is 28.5 Å². The molecule has 156 valence electrons. The molecule has 0 radical (unpaired) electrons. The van der Waals surface area contributed by atoms with Crippen molar-refractivity contribution in [2.75, 3.05) is 7.11 Å². The SMILES string of the molecule is CC[C@H](C(=O)NCc1ccc(-c2cccc(OC)c2)c2ccncc12)c1ccccc1. The Bertz CT molecular complexity index is 1190. The topological polar surface area (TPSA) is 51.2 Å². The van der Waals surface area contributed by atoms with Gasteiger partial charge in [-0.25, -0.2) is 0 Å². The molecule has 0 spiro atoms. The maximum absolute atomic E-state index is 12.9. The molecule has 0 aliphatic heterocycles. The van der Waals surface area contributed by atoms with Gasteiger partial charge < -0.3 is 10.1 Å².